The van der Waals surface area contributed by atoms with Crippen LogP contribution in [-0.4, -0.2) is 50.7 Å². The number of hydrogen-bond acceptors (Lipinski definition) is 5. The summed E-state index contributed by atoms with van der Waals surface area (Å²) in [6.45, 7) is 9.13. The van der Waals surface area contributed by atoms with E-state index in [2.05, 4.69) is 22.2 Å². The van der Waals surface area contributed by atoms with Crippen molar-refractivity contribution in [2.75, 3.05) is 19.6 Å². The van der Waals surface area contributed by atoms with Crippen LogP contribution in [0.4, 0.5) is 0 Å². The van der Waals surface area contributed by atoms with Crippen molar-refractivity contribution in [2.24, 2.45) is 0 Å². The minimum Gasteiger partial charge on any atom is -0.460 e. The Kier molecular flexibility index (Phi) is 5.94. The van der Waals surface area contributed by atoms with Crippen molar-refractivity contribution < 1.29 is 9.21 Å². The van der Waals surface area contributed by atoms with E-state index in [1.54, 1.807) is 6.07 Å². The highest BCUT2D eigenvalue weighted by molar-refractivity contribution is 5.83. The van der Waals surface area contributed by atoms with Crippen molar-refractivity contribution in [2.45, 2.75) is 65.5 Å². The molecule has 0 bridgehead atoms. The largest absolute Gasteiger partial charge is 0.460 e. The summed E-state index contributed by atoms with van der Waals surface area (Å²) in [7, 11) is 0. The minimum absolute atomic E-state index is 0.0289. The van der Waals surface area contributed by atoms with Crippen molar-refractivity contribution in [3.8, 4) is 0 Å². The van der Waals surface area contributed by atoms with Crippen molar-refractivity contribution in [1.29, 1.82) is 0 Å². The lowest BCUT2D eigenvalue weighted by molar-refractivity contribution is -0.121. The highest BCUT2D eigenvalue weighted by Gasteiger charge is 2.18. The van der Waals surface area contributed by atoms with Gasteiger partial charge in [0, 0.05) is 44.2 Å². The second kappa shape index (κ2) is 8.63. The van der Waals surface area contributed by atoms with Gasteiger partial charge in [-0.2, -0.15) is 5.10 Å². The Hall–Kier alpha value is -2.61. The molecule has 0 aliphatic carbocycles. The van der Waals surface area contributed by atoms with Gasteiger partial charge in [0.15, 0.2) is 5.58 Å². The van der Waals surface area contributed by atoms with Crippen molar-refractivity contribution in [1.82, 2.24) is 24.4 Å². The third kappa shape index (κ3) is 4.14. The third-order valence-electron chi connectivity index (χ3n) is 6.09. The standard InChI is InChI=1S/C22H31N5O3/c1-15-7-4-5-10-25(15)12-9-23-21(28)8-6-11-26-22(29)19-14-20-18(13-16(2)30-20)27(19)17(3)24-26/h13-15H,4-12H2,1-3H3,(H,23,28)/t15-/m0/s1. The maximum Gasteiger partial charge on any atom is 0.291 e. The maximum atomic E-state index is 12.8. The van der Waals surface area contributed by atoms with Crippen molar-refractivity contribution in [3.63, 3.8) is 0 Å². The molecule has 0 saturated carbocycles. The molecular formula is C22H31N5O3. The van der Waals surface area contributed by atoms with Gasteiger partial charge in [-0.3, -0.25) is 18.9 Å². The minimum atomic E-state index is -0.163. The smallest absolute Gasteiger partial charge is 0.291 e. The molecule has 4 heterocycles. The molecule has 1 N–H and O–H groups in total. The van der Waals surface area contributed by atoms with Gasteiger partial charge < -0.3 is 9.73 Å². The normalized spacial score (nSPS) is 17.8. The Labute approximate surface area is 175 Å². The van der Waals surface area contributed by atoms with E-state index in [4.69, 9.17) is 4.42 Å². The molecular weight excluding hydrogens is 382 g/mol. The topological polar surface area (TPSA) is 84.8 Å². The molecule has 3 aromatic rings. The fourth-order valence-electron chi connectivity index (χ4n) is 4.48. The van der Waals surface area contributed by atoms with Gasteiger partial charge in [-0.05, 0) is 46.6 Å². The molecule has 8 nitrogen and oxygen atoms in total. The first kappa shape index (κ1) is 20.7. The second-order valence-electron chi connectivity index (χ2n) is 8.38. The number of likely N-dealkylation sites (tertiary alicyclic amines) is 1. The summed E-state index contributed by atoms with van der Waals surface area (Å²) in [5.41, 5.74) is 1.94. The number of piperidine rings is 1. The molecule has 0 aromatic carbocycles. The van der Waals surface area contributed by atoms with Gasteiger partial charge >= 0.3 is 0 Å². The van der Waals surface area contributed by atoms with Crippen LogP contribution in [0.1, 0.15) is 50.6 Å². The summed E-state index contributed by atoms with van der Waals surface area (Å²) < 4.78 is 8.94. The lowest BCUT2D eigenvalue weighted by Gasteiger charge is -2.33. The summed E-state index contributed by atoms with van der Waals surface area (Å²) in [6.07, 6.45) is 4.75. The number of furan rings is 1. The van der Waals surface area contributed by atoms with Crippen LogP contribution in [0.25, 0.3) is 16.6 Å². The predicted octanol–water partition coefficient (Wildman–Crippen LogP) is 2.63. The molecule has 8 heteroatoms. The van der Waals surface area contributed by atoms with Crippen LogP contribution in [0.15, 0.2) is 21.3 Å². The van der Waals surface area contributed by atoms with Gasteiger partial charge in [-0.1, -0.05) is 6.42 Å². The highest BCUT2D eigenvalue weighted by atomic mass is 16.3. The molecule has 4 rings (SSSR count). The van der Waals surface area contributed by atoms with E-state index < -0.39 is 0 Å². The van der Waals surface area contributed by atoms with Gasteiger partial charge in [0.1, 0.15) is 17.1 Å². The SMILES string of the molecule is Cc1cc2c(cc3c(=O)n(CCCC(=O)NCCN4CCCC[C@@H]4C)nc(C)n32)o1. The predicted molar refractivity (Wildman–Crippen MR) is 116 cm³/mol. The summed E-state index contributed by atoms with van der Waals surface area (Å²) >= 11 is 0. The van der Waals surface area contributed by atoms with Crippen LogP contribution >= 0.6 is 0 Å². The molecule has 1 aliphatic heterocycles. The summed E-state index contributed by atoms with van der Waals surface area (Å²) in [5.74, 6) is 1.56. The van der Waals surface area contributed by atoms with E-state index in [0.717, 1.165) is 30.2 Å². The Morgan fingerprint density at radius 3 is 2.87 bits per heavy atom. The number of nitrogens with zero attached hydrogens (tertiary/aromatic N) is 4. The Balaban J connectivity index is 1.32. The Morgan fingerprint density at radius 2 is 2.07 bits per heavy atom. The number of carbonyl (C=O) groups excluding carboxylic acids is 1. The number of aryl methyl sites for hydroxylation is 3. The molecule has 1 atom stereocenters. The lowest BCUT2D eigenvalue weighted by Crippen LogP contribution is -2.42. The van der Waals surface area contributed by atoms with E-state index >= 15 is 0 Å². The lowest BCUT2D eigenvalue weighted by atomic mass is 10.0. The van der Waals surface area contributed by atoms with Gasteiger partial charge in [0.25, 0.3) is 5.56 Å². The number of rotatable bonds is 7. The average molecular weight is 414 g/mol. The van der Waals surface area contributed by atoms with Crippen LogP contribution in [0.3, 0.4) is 0 Å². The Bertz CT molecular complexity index is 1110. The number of carbonyl (C=O) groups is 1. The maximum absolute atomic E-state index is 12.8. The molecule has 30 heavy (non-hydrogen) atoms. The van der Waals surface area contributed by atoms with Crippen LogP contribution in [0, 0.1) is 13.8 Å². The molecule has 1 aliphatic rings. The van der Waals surface area contributed by atoms with Crippen LogP contribution in [0.2, 0.25) is 0 Å². The van der Waals surface area contributed by atoms with Crippen LogP contribution in [-0.2, 0) is 11.3 Å². The molecule has 1 amide bonds. The summed E-state index contributed by atoms with van der Waals surface area (Å²) in [6, 6.07) is 4.28. The zero-order chi connectivity index (χ0) is 21.3. The first-order chi connectivity index (χ1) is 14.4. The zero-order valence-electron chi connectivity index (χ0n) is 18.1. The highest BCUT2D eigenvalue weighted by Crippen LogP contribution is 2.22. The molecule has 1 saturated heterocycles. The van der Waals surface area contributed by atoms with E-state index in [9.17, 15) is 9.59 Å². The number of amides is 1. The van der Waals surface area contributed by atoms with Crippen LogP contribution < -0.4 is 10.9 Å². The fraction of sp³-hybridized carbons (Fsp3) is 0.591. The first-order valence-corrected chi connectivity index (χ1v) is 10.9. The fourth-order valence-corrected chi connectivity index (χ4v) is 4.48. The molecule has 162 valence electrons. The molecule has 1 fully saturated rings. The van der Waals surface area contributed by atoms with E-state index in [1.165, 1.54) is 23.9 Å². The van der Waals surface area contributed by atoms with Crippen LogP contribution in [0.5, 0.6) is 0 Å². The molecule has 0 spiro atoms. The number of fused-ring (bicyclic) bond motifs is 3. The molecule has 0 unspecified atom stereocenters. The van der Waals surface area contributed by atoms with E-state index in [-0.39, 0.29) is 11.5 Å². The number of nitrogens with one attached hydrogen (secondary N) is 1. The van der Waals surface area contributed by atoms with Gasteiger partial charge in [0.05, 0.1) is 5.52 Å². The second-order valence-corrected chi connectivity index (χ2v) is 8.38. The van der Waals surface area contributed by atoms with Gasteiger partial charge in [0.2, 0.25) is 5.91 Å². The number of hydrogen-bond donors (Lipinski definition) is 1. The molecule has 0 radical (unpaired) electrons. The van der Waals surface area contributed by atoms with E-state index in [0.29, 0.717) is 43.1 Å². The quantitative estimate of drug-likeness (QED) is 0.644. The van der Waals surface area contributed by atoms with Gasteiger partial charge in [-0.15, -0.1) is 0 Å². The van der Waals surface area contributed by atoms with Gasteiger partial charge in [-0.25, -0.2) is 4.68 Å². The summed E-state index contributed by atoms with van der Waals surface area (Å²) in [4.78, 5) is 27.4. The monoisotopic (exact) mass is 413 g/mol. The zero-order valence-corrected chi connectivity index (χ0v) is 18.1. The molecule has 3 aromatic heterocycles. The Morgan fingerprint density at radius 1 is 1.23 bits per heavy atom. The van der Waals surface area contributed by atoms with E-state index in [1.807, 2.05) is 24.3 Å². The number of aromatic nitrogens is 3. The van der Waals surface area contributed by atoms with Crippen molar-refractivity contribution >= 4 is 22.5 Å². The third-order valence-corrected chi connectivity index (χ3v) is 6.09. The summed E-state index contributed by atoms with van der Waals surface area (Å²) in [5, 5.41) is 7.46. The van der Waals surface area contributed by atoms with Crippen molar-refractivity contribution in [3.05, 3.63) is 34.1 Å². The first-order valence-electron chi connectivity index (χ1n) is 10.9. The average Bonchev–Trinajstić information content (AvgIpc) is 3.23.